The van der Waals surface area contributed by atoms with E-state index in [-0.39, 0.29) is 11.4 Å². The molecule has 0 unspecified atom stereocenters. The molecule has 2 N–H and O–H groups in total. The lowest BCUT2D eigenvalue weighted by molar-refractivity contribution is 0.0594. The van der Waals surface area contributed by atoms with Gasteiger partial charge in [-0.2, -0.15) is 5.10 Å². The number of nitrogen functional groups attached to an aromatic ring is 1. The number of halogens is 1. The number of esters is 1. The van der Waals surface area contributed by atoms with Crippen molar-refractivity contribution < 1.29 is 9.53 Å². The molecular formula is C11H11BrN4O2. The van der Waals surface area contributed by atoms with Crippen molar-refractivity contribution in [3.8, 4) is 5.82 Å². The third-order valence-electron chi connectivity index (χ3n) is 2.36. The molecule has 2 aromatic rings. The predicted molar refractivity (Wildman–Crippen MR) is 69.5 cm³/mol. The highest BCUT2D eigenvalue weighted by Gasteiger charge is 2.16. The molecule has 2 heterocycles. The van der Waals surface area contributed by atoms with Gasteiger partial charge >= 0.3 is 5.97 Å². The number of carbonyl (C=O) groups is 1. The zero-order valence-electron chi connectivity index (χ0n) is 9.85. The molecule has 0 saturated carbocycles. The summed E-state index contributed by atoms with van der Waals surface area (Å²) >= 11 is 3.37. The molecule has 18 heavy (non-hydrogen) atoms. The number of rotatable bonds is 2. The van der Waals surface area contributed by atoms with E-state index in [2.05, 4.69) is 30.7 Å². The number of anilines is 1. The van der Waals surface area contributed by atoms with Gasteiger partial charge in [0.1, 0.15) is 0 Å². The average Bonchev–Trinajstić information content (AvgIpc) is 2.74. The Morgan fingerprint density at radius 1 is 1.50 bits per heavy atom. The Morgan fingerprint density at radius 3 is 2.83 bits per heavy atom. The number of methoxy groups -OCH3 is 1. The molecule has 0 bridgehead atoms. The summed E-state index contributed by atoms with van der Waals surface area (Å²) in [5.41, 5.74) is 6.86. The van der Waals surface area contributed by atoms with E-state index < -0.39 is 5.97 Å². The van der Waals surface area contributed by atoms with Gasteiger partial charge in [-0.05, 0) is 35.0 Å². The number of pyridine rings is 1. The maximum Gasteiger partial charge on any atom is 0.360 e. The van der Waals surface area contributed by atoms with E-state index in [4.69, 9.17) is 5.73 Å². The van der Waals surface area contributed by atoms with E-state index in [0.717, 1.165) is 10.2 Å². The lowest BCUT2D eigenvalue weighted by atomic mass is 10.4. The Hall–Kier alpha value is -1.89. The fourth-order valence-electron chi connectivity index (χ4n) is 1.42. The lowest BCUT2D eigenvalue weighted by Gasteiger charge is -2.02. The first-order valence-electron chi connectivity index (χ1n) is 5.10. The van der Waals surface area contributed by atoms with E-state index in [0.29, 0.717) is 5.82 Å². The Kier molecular flexibility index (Phi) is 3.33. The Morgan fingerprint density at radius 2 is 2.22 bits per heavy atom. The molecule has 94 valence electrons. The maximum absolute atomic E-state index is 11.4. The second-order valence-electron chi connectivity index (χ2n) is 3.61. The van der Waals surface area contributed by atoms with Crippen LogP contribution in [0.3, 0.4) is 0 Å². The van der Waals surface area contributed by atoms with E-state index in [1.807, 2.05) is 13.0 Å². The summed E-state index contributed by atoms with van der Waals surface area (Å²) in [5.74, 6) is 0.0117. The molecule has 0 atom stereocenters. The van der Waals surface area contributed by atoms with E-state index in [1.54, 1.807) is 6.07 Å². The van der Waals surface area contributed by atoms with Gasteiger partial charge in [0.05, 0.1) is 24.7 Å². The number of carbonyl (C=O) groups excluding carboxylic acids is 1. The van der Waals surface area contributed by atoms with Gasteiger partial charge in [-0.25, -0.2) is 14.5 Å². The first-order chi connectivity index (χ1) is 8.52. The first kappa shape index (κ1) is 12.6. The van der Waals surface area contributed by atoms with Crippen LogP contribution in [0, 0.1) is 6.92 Å². The van der Waals surface area contributed by atoms with Crippen LogP contribution in [0.2, 0.25) is 0 Å². The highest BCUT2D eigenvalue weighted by atomic mass is 79.9. The van der Waals surface area contributed by atoms with Gasteiger partial charge in [0.2, 0.25) is 0 Å². The zero-order chi connectivity index (χ0) is 13.3. The van der Waals surface area contributed by atoms with Gasteiger partial charge in [-0.1, -0.05) is 0 Å². The van der Waals surface area contributed by atoms with Crippen molar-refractivity contribution in [2.75, 3.05) is 12.8 Å². The zero-order valence-corrected chi connectivity index (χ0v) is 11.4. The number of nitrogens with zero attached hydrogens (tertiary/aromatic N) is 3. The highest BCUT2D eigenvalue weighted by molar-refractivity contribution is 9.10. The summed E-state index contributed by atoms with van der Waals surface area (Å²) in [5, 5.41) is 4.06. The van der Waals surface area contributed by atoms with Crippen LogP contribution in [0.15, 0.2) is 22.8 Å². The number of aryl methyl sites for hydroxylation is 1. The third kappa shape index (κ3) is 2.21. The molecule has 2 rings (SSSR count). The fourth-order valence-corrected chi connectivity index (χ4v) is 1.64. The SMILES string of the molecule is COC(=O)c1nn(-c2ccc(Br)c(C)n2)cc1N. The highest BCUT2D eigenvalue weighted by Crippen LogP contribution is 2.18. The normalized spacial score (nSPS) is 10.4. The van der Waals surface area contributed by atoms with Crippen molar-refractivity contribution in [1.29, 1.82) is 0 Å². The van der Waals surface area contributed by atoms with Crippen LogP contribution in [0.1, 0.15) is 16.2 Å². The summed E-state index contributed by atoms with van der Waals surface area (Å²) < 4.78 is 6.93. The van der Waals surface area contributed by atoms with Crippen molar-refractivity contribution in [3.63, 3.8) is 0 Å². The molecule has 2 aromatic heterocycles. The second-order valence-corrected chi connectivity index (χ2v) is 4.46. The summed E-state index contributed by atoms with van der Waals surface area (Å²) in [6, 6.07) is 3.62. The number of nitrogens with two attached hydrogens (primary N) is 1. The van der Waals surface area contributed by atoms with Crippen LogP contribution < -0.4 is 5.73 Å². The van der Waals surface area contributed by atoms with Crippen molar-refractivity contribution >= 4 is 27.6 Å². The van der Waals surface area contributed by atoms with E-state index in [1.165, 1.54) is 18.0 Å². The topological polar surface area (TPSA) is 83.0 Å². The Labute approximate surface area is 112 Å². The van der Waals surface area contributed by atoms with E-state index >= 15 is 0 Å². The van der Waals surface area contributed by atoms with Crippen LogP contribution in [-0.2, 0) is 4.74 Å². The Balaban J connectivity index is 2.45. The molecule has 0 aliphatic heterocycles. The quantitative estimate of drug-likeness (QED) is 0.854. The van der Waals surface area contributed by atoms with Crippen molar-refractivity contribution in [2.45, 2.75) is 6.92 Å². The largest absolute Gasteiger partial charge is 0.464 e. The molecule has 7 heteroatoms. The van der Waals surface area contributed by atoms with Gasteiger partial charge in [0.15, 0.2) is 11.5 Å². The molecule has 0 saturated heterocycles. The molecule has 0 radical (unpaired) electrons. The summed E-state index contributed by atoms with van der Waals surface area (Å²) in [6.45, 7) is 1.86. The van der Waals surface area contributed by atoms with Gasteiger partial charge < -0.3 is 10.5 Å². The lowest BCUT2D eigenvalue weighted by Crippen LogP contribution is -2.06. The Bertz CT molecular complexity index is 609. The van der Waals surface area contributed by atoms with Crippen molar-refractivity contribution in [2.24, 2.45) is 0 Å². The fraction of sp³-hybridized carbons (Fsp3) is 0.182. The summed E-state index contributed by atoms with van der Waals surface area (Å²) in [6.07, 6.45) is 1.53. The molecule has 0 aromatic carbocycles. The smallest absolute Gasteiger partial charge is 0.360 e. The van der Waals surface area contributed by atoms with Crippen LogP contribution >= 0.6 is 15.9 Å². The van der Waals surface area contributed by atoms with Crippen molar-refractivity contribution in [3.05, 3.63) is 34.2 Å². The van der Waals surface area contributed by atoms with Crippen LogP contribution in [0.25, 0.3) is 5.82 Å². The standard InChI is InChI=1S/C11H11BrN4O2/c1-6-7(12)3-4-9(14-6)16-5-8(13)10(15-16)11(17)18-2/h3-5H,13H2,1-2H3. The van der Waals surface area contributed by atoms with Crippen LogP contribution in [-0.4, -0.2) is 27.8 Å². The van der Waals surface area contributed by atoms with Crippen LogP contribution in [0.5, 0.6) is 0 Å². The monoisotopic (exact) mass is 310 g/mol. The molecule has 6 nitrogen and oxygen atoms in total. The molecule has 0 aliphatic carbocycles. The minimum Gasteiger partial charge on any atom is -0.464 e. The van der Waals surface area contributed by atoms with Gasteiger partial charge in [0, 0.05) is 4.47 Å². The average molecular weight is 311 g/mol. The number of aromatic nitrogens is 3. The van der Waals surface area contributed by atoms with Crippen molar-refractivity contribution in [1.82, 2.24) is 14.8 Å². The maximum atomic E-state index is 11.4. The minimum atomic E-state index is -0.569. The van der Waals surface area contributed by atoms with Gasteiger partial charge in [0.25, 0.3) is 0 Å². The minimum absolute atomic E-state index is 0.0832. The second kappa shape index (κ2) is 4.77. The summed E-state index contributed by atoms with van der Waals surface area (Å²) in [7, 11) is 1.28. The molecule has 0 fully saturated rings. The first-order valence-corrected chi connectivity index (χ1v) is 5.89. The van der Waals surface area contributed by atoms with Gasteiger partial charge in [-0.3, -0.25) is 0 Å². The molecule has 0 amide bonds. The van der Waals surface area contributed by atoms with Gasteiger partial charge in [-0.15, -0.1) is 0 Å². The predicted octanol–water partition coefficient (Wildman–Crippen LogP) is 1.71. The molecule has 0 spiro atoms. The number of ether oxygens (including phenoxy) is 1. The number of hydrogen-bond donors (Lipinski definition) is 1. The summed E-state index contributed by atoms with van der Waals surface area (Å²) in [4.78, 5) is 15.7. The van der Waals surface area contributed by atoms with Crippen LogP contribution in [0.4, 0.5) is 5.69 Å². The van der Waals surface area contributed by atoms with E-state index in [9.17, 15) is 4.79 Å². The molecule has 0 aliphatic rings. The third-order valence-corrected chi connectivity index (χ3v) is 3.20. The number of hydrogen-bond acceptors (Lipinski definition) is 5. The molecular weight excluding hydrogens is 300 g/mol.